The third-order valence-corrected chi connectivity index (χ3v) is 3.67. The first kappa shape index (κ1) is 12.4. The van der Waals surface area contributed by atoms with Crippen LogP contribution in [0, 0.1) is 0 Å². The number of carbonyl (C=O) groups is 1. The second kappa shape index (κ2) is 6.05. The molecule has 1 unspecified atom stereocenters. The minimum atomic E-state index is -0.323. The zero-order chi connectivity index (χ0) is 12.1. The lowest BCUT2D eigenvalue weighted by Crippen LogP contribution is -2.44. The van der Waals surface area contributed by atoms with Crippen LogP contribution < -0.4 is 10.6 Å². The molecule has 0 aromatic heterocycles. The Morgan fingerprint density at radius 1 is 1.53 bits per heavy atom. The molecule has 0 radical (unpaired) electrons. The number of benzene rings is 1. The smallest absolute Gasteiger partial charge is 0.238 e. The summed E-state index contributed by atoms with van der Waals surface area (Å²) in [5, 5.41) is 15.3. The van der Waals surface area contributed by atoms with E-state index in [0.29, 0.717) is 0 Å². The number of hydrogen-bond acceptors (Lipinski definition) is 4. The molecule has 92 valence electrons. The molecule has 1 aliphatic heterocycles. The third-order valence-electron chi connectivity index (χ3n) is 2.73. The van der Waals surface area contributed by atoms with Crippen LogP contribution in [0.5, 0.6) is 0 Å². The number of aliphatic hydroxyl groups is 1. The van der Waals surface area contributed by atoms with Crippen LogP contribution in [-0.2, 0) is 4.79 Å². The van der Waals surface area contributed by atoms with Crippen LogP contribution in [0.15, 0.2) is 30.3 Å². The maximum atomic E-state index is 11.9. The normalized spacial score (nSPS) is 21.1. The van der Waals surface area contributed by atoms with E-state index in [9.17, 15) is 9.90 Å². The predicted molar refractivity (Wildman–Crippen MR) is 68.7 cm³/mol. The van der Waals surface area contributed by atoms with Gasteiger partial charge in [-0.05, 0) is 5.56 Å². The molecule has 1 aromatic rings. The average Bonchev–Trinajstić information content (AvgIpc) is 2.90. The highest BCUT2D eigenvalue weighted by Crippen LogP contribution is 2.14. The molecule has 1 fully saturated rings. The Kier molecular flexibility index (Phi) is 4.42. The Bertz CT molecular complexity index is 366. The Morgan fingerprint density at radius 2 is 2.29 bits per heavy atom. The van der Waals surface area contributed by atoms with Gasteiger partial charge in [0.05, 0.1) is 18.7 Å². The summed E-state index contributed by atoms with van der Waals surface area (Å²) < 4.78 is 0. The maximum Gasteiger partial charge on any atom is 0.238 e. The van der Waals surface area contributed by atoms with Crippen molar-refractivity contribution in [2.24, 2.45) is 0 Å². The van der Waals surface area contributed by atoms with Gasteiger partial charge in [0.2, 0.25) is 5.91 Å². The van der Waals surface area contributed by atoms with Gasteiger partial charge >= 0.3 is 0 Å². The molecule has 0 saturated carbocycles. The zero-order valence-electron chi connectivity index (χ0n) is 9.43. The van der Waals surface area contributed by atoms with Gasteiger partial charge in [-0.2, -0.15) is 0 Å². The second-order valence-electron chi connectivity index (χ2n) is 3.93. The number of carbonyl (C=O) groups excluding carboxylic acids is 1. The molecule has 2 rings (SSSR count). The van der Waals surface area contributed by atoms with E-state index in [2.05, 4.69) is 10.6 Å². The Labute approximate surface area is 105 Å². The topological polar surface area (TPSA) is 61.4 Å². The van der Waals surface area contributed by atoms with Gasteiger partial charge < -0.3 is 10.4 Å². The Balaban J connectivity index is 1.97. The molecule has 3 N–H and O–H groups in total. The van der Waals surface area contributed by atoms with E-state index in [1.54, 1.807) is 11.8 Å². The molecule has 17 heavy (non-hydrogen) atoms. The minimum Gasteiger partial charge on any atom is -0.394 e. The number of amides is 1. The van der Waals surface area contributed by atoms with E-state index in [-0.39, 0.29) is 24.6 Å². The summed E-state index contributed by atoms with van der Waals surface area (Å²) >= 11 is 1.71. The maximum absolute atomic E-state index is 11.9. The van der Waals surface area contributed by atoms with Gasteiger partial charge in [-0.15, -0.1) is 11.8 Å². The lowest BCUT2D eigenvalue weighted by Gasteiger charge is -2.19. The van der Waals surface area contributed by atoms with Crippen molar-refractivity contribution < 1.29 is 9.90 Å². The lowest BCUT2D eigenvalue weighted by atomic mass is 10.1. The summed E-state index contributed by atoms with van der Waals surface area (Å²) in [7, 11) is 0. The molecule has 1 aromatic carbocycles. The molecule has 0 spiro atoms. The highest BCUT2D eigenvalue weighted by atomic mass is 32.2. The summed E-state index contributed by atoms with van der Waals surface area (Å²) in [5.74, 6) is 1.56. The first-order valence-corrected chi connectivity index (χ1v) is 6.74. The summed E-state index contributed by atoms with van der Waals surface area (Å²) in [6.45, 7) is -0.0877. The summed E-state index contributed by atoms with van der Waals surface area (Å²) in [4.78, 5) is 11.9. The van der Waals surface area contributed by atoms with Crippen molar-refractivity contribution >= 4 is 17.7 Å². The largest absolute Gasteiger partial charge is 0.394 e. The second-order valence-corrected chi connectivity index (χ2v) is 4.96. The van der Waals surface area contributed by atoms with Crippen LogP contribution in [0.3, 0.4) is 0 Å². The fourth-order valence-corrected chi connectivity index (χ4v) is 2.70. The van der Waals surface area contributed by atoms with E-state index < -0.39 is 0 Å². The number of aliphatic hydroxyl groups excluding tert-OH is 1. The average molecular weight is 252 g/mol. The quantitative estimate of drug-likeness (QED) is 0.730. The van der Waals surface area contributed by atoms with Crippen molar-refractivity contribution in [1.82, 2.24) is 10.6 Å². The van der Waals surface area contributed by atoms with E-state index in [1.165, 1.54) is 0 Å². The van der Waals surface area contributed by atoms with Crippen molar-refractivity contribution in [3.63, 3.8) is 0 Å². The van der Waals surface area contributed by atoms with Crippen molar-refractivity contribution in [3.05, 3.63) is 35.9 Å². The minimum absolute atomic E-state index is 0.0436. The van der Waals surface area contributed by atoms with Crippen LogP contribution in [0.2, 0.25) is 0 Å². The van der Waals surface area contributed by atoms with E-state index >= 15 is 0 Å². The number of rotatable bonds is 4. The van der Waals surface area contributed by atoms with Crippen molar-refractivity contribution in [1.29, 1.82) is 0 Å². The van der Waals surface area contributed by atoms with Crippen LogP contribution in [-0.4, -0.2) is 35.3 Å². The molecular weight excluding hydrogens is 236 g/mol. The molecule has 0 bridgehead atoms. The first-order valence-electron chi connectivity index (χ1n) is 5.58. The molecule has 1 aliphatic rings. The van der Waals surface area contributed by atoms with Crippen LogP contribution in [0.25, 0.3) is 0 Å². The van der Waals surface area contributed by atoms with Crippen LogP contribution in [0.4, 0.5) is 0 Å². The van der Waals surface area contributed by atoms with E-state index in [4.69, 9.17) is 0 Å². The molecule has 0 aliphatic carbocycles. The SMILES string of the molecule is O=C(N[C@H](CO)c1ccccc1)C1CSCN1. The molecular formula is C12H16N2O2S. The molecule has 1 amide bonds. The monoisotopic (exact) mass is 252 g/mol. The zero-order valence-corrected chi connectivity index (χ0v) is 10.2. The highest BCUT2D eigenvalue weighted by Gasteiger charge is 2.24. The number of nitrogens with one attached hydrogen (secondary N) is 2. The first-order chi connectivity index (χ1) is 8.31. The standard InChI is InChI=1S/C12H16N2O2S/c15-6-10(9-4-2-1-3-5-9)14-12(16)11-7-17-8-13-11/h1-5,10-11,13,15H,6-8H2,(H,14,16)/t10-,11?/m1/s1. The Hall–Kier alpha value is -1.04. The van der Waals surface area contributed by atoms with Gasteiger partial charge in [0.25, 0.3) is 0 Å². The third kappa shape index (κ3) is 3.21. The highest BCUT2D eigenvalue weighted by molar-refractivity contribution is 7.99. The fourth-order valence-electron chi connectivity index (χ4n) is 1.76. The molecule has 5 heteroatoms. The molecule has 1 heterocycles. The summed E-state index contributed by atoms with van der Waals surface area (Å²) in [6.07, 6.45) is 0. The fraction of sp³-hybridized carbons (Fsp3) is 0.417. The van der Waals surface area contributed by atoms with E-state index in [0.717, 1.165) is 17.2 Å². The summed E-state index contributed by atoms with van der Waals surface area (Å²) in [6, 6.07) is 9.04. The van der Waals surface area contributed by atoms with E-state index in [1.807, 2.05) is 30.3 Å². The van der Waals surface area contributed by atoms with Gasteiger partial charge in [-0.3, -0.25) is 10.1 Å². The molecule has 4 nitrogen and oxygen atoms in total. The van der Waals surface area contributed by atoms with Crippen LogP contribution in [0.1, 0.15) is 11.6 Å². The molecule has 2 atom stereocenters. The number of thioether (sulfide) groups is 1. The summed E-state index contributed by atoms with van der Waals surface area (Å²) in [5.41, 5.74) is 0.925. The Morgan fingerprint density at radius 3 is 2.88 bits per heavy atom. The van der Waals surface area contributed by atoms with Crippen LogP contribution >= 0.6 is 11.8 Å². The number of hydrogen-bond donors (Lipinski definition) is 3. The van der Waals surface area contributed by atoms with Gasteiger partial charge in [0, 0.05) is 11.6 Å². The lowest BCUT2D eigenvalue weighted by molar-refractivity contribution is -0.123. The van der Waals surface area contributed by atoms with Gasteiger partial charge in [0.1, 0.15) is 0 Å². The van der Waals surface area contributed by atoms with Gasteiger partial charge in [-0.25, -0.2) is 0 Å². The molecule has 1 saturated heterocycles. The van der Waals surface area contributed by atoms with Gasteiger partial charge in [-0.1, -0.05) is 30.3 Å². The predicted octanol–water partition coefficient (Wildman–Crippen LogP) is 0.499. The van der Waals surface area contributed by atoms with Crippen molar-refractivity contribution in [2.45, 2.75) is 12.1 Å². The van der Waals surface area contributed by atoms with Crippen molar-refractivity contribution in [2.75, 3.05) is 18.2 Å². The van der Waals surface area contributed by atoms with Gasteiger partial charge in [0.15, 0.2) is 0 Å². The van der Waals surface area contributed by atoms with Crippen molar-refractivity contribution in [3.8, 4) is 0 Å².